The second-order valence-electron chi connectivity index (χ2n) is 6.06. The van der Waals surface area contributed by atoms with E-state index < -0.39 is 7.12 Å². The van der Waals surface area contributed by atoms with Gasteiger partial charge in [0.2, 0.25) is 0 Å². The first kappa shape index (κ1) is 15.0. The van der Waals surface area contributed by atoms with E-state index in [1.807, 2.05) is 40.7 Å². The summed E-state index contributed by atoms with van der Waals surface area (Å²) in [5.74, 6) is -0.210. The molecule has 5 nitrogen and oxygen atoms in total. The highest BCUT2D eigenvalue weighted by Crippen LogP contribution is 2.36. The largest absolute Gasteiger partial charge is 0.478 e. The zero-order valence-electron chi connectivity index (χ0n) is 12.7. The van der Waals surface area contributed by atoms with Crippen LogP contribution in [-0.4, -0.2) is 35.7 Å². The zero-order valence-corrected chi connectivity index (χ0v) is 12.7. The Morgan fingerprint density at radius 1 is 1.30 bits per heavy atom. The van der Waals surface area contributed by atoms with E-state index in [1.165, 1.54) is 0 Å². The summed E-state index contributed by atoms with van der Waals surface area (Å²) in [4.78, 5) is 16.1. The molecule has 0 bridgehead atoms. The van der Waals surface area contributed by atoms with Gasteiger partial charge in [0, 0.05) is 6.20 Å². The van der Waals surface area contributed by atoms with Gasteiger partial charge in [-0.05, 0) is 46.2 Å². The highest BCUT2D eigenvalue weighted by atomic mass is 16.7. The molecule has 0 atom stereocenters. The summed E-state index contributed by atoms with van der Waals surface area (Å²) < 4.78 is 11.6. The van der Waals surface area contributed by atoms with Gasteiger partial charge in [0.25, 0.3) is 5.91 Å². The average molecular weight is 276 g/mol. The van der Waals surface area contributed by atoms with Crippen LogP contribution in [0.1, 0.15) is 43.7 Å². The number of carbonyl (C=O) groups is 1. The fourth-order valence-corrected chi connectivity index (χ4v) is 2.03. The number of aryl methyl sites for hydroxylation is 1. The van der Waals surface area contributed by atoms with E-state index in [0.717, 1.165) is 5.56 Å². The Balaban J connectivity index is 1.95. The number of carbonyl (C=O) groups excluding carboxylic acids is 1. The number of aromatic nitrogens is 1. The summed E-state index contributed by atoms with van der Waals surface area (Å²) in [5.41, 5.74) is 0.509. The van der Waals surface area contributed by atoms with E-state index in [4.69, 9.17) is 9.31 Å². The van der Waals surface area contributed by atoms with Crippen LogP contribution in [-0.2, 0) is 9.31 Å². The Morgan fingerprint density at radius 3 is 2.45 bits per heavy atom. The highest BCUT2D eigenvalue weighted by molar-refractivity contribution is 6.46. The van der Waals surface area contributed by atoms with E-state index >= 15 is 0 Å². The van der Waals surface area contributed by atoms with E-state index in [-0.39, 0.29) is 17.1 Å². The van der Waals surface area contributed by atoms with E-state index in [2.05, 4.69) is 10.3 Å². The first-order valence-corrected chi connectivity index (χ1v) is 6.78. The maximum absolute atomic E-state index is 12.1. The standard InChI is InChI=1S/C14H21BN2O3/c1-10-7-6-8-16-11(10)12(18)17-9-15-19-13(2,3)14(4,5)20-15/h6-8H,9H2,1-5H3,(H,17,18). The minimum Gasteiger partial charge on any atom is -0.402 e. The van der Waals surface area contributed by atoms with Crippen LogP contribution in [0.5, 0.6) is 0 Å². The summed E-state index contributed by atoms with van der Waals surface area (Å²) >= 11 is 0. The van der Waals surface area contributed by atoms with Crippen molar-refractivity contribution in [1.29, 1.82) is 0 Å². The summed E-state index contributed by atoms with van der Waals surface area (Å²) in [7, 11) is -0.437. The first-order valence-electron chi connectivity index (χ1n) is 6.78. The van der Waals surface area contributed by atoms with E-state index in [1.54, 1.807) is 12.3 Å². The Morgan fingerprint density at radius 2 is 1.90 bits per heavy atom. The topological polar surface area (TPSA) is 60.5 Å². The molecule has 0 unspecified atom stereocenters. The lowest BCUT2D eigenvalue weighted by Gasteiger charge is -2.32. The van der Waals surface area contributed by atoms with Crippen molar-refractivity contribution < 1.29 is 14.1 Å². The van der Waals surface area contributed by atoms with Gasteiger partial charge in [-0.1, -0.05) is 6.07 Å². The number of hydrogen-bond acceptors (Lipinski definition) is 4. The SMILES string of the molecule is Cc1cccnc1C(=O)NCB1OC(C)(C)C(C)(C)O1. The predicted octanol–water partition coefficient (Wildman–Crippen LogP) is 1.75. The molecule has 20 heavy (non-hydrogen) atoms. The average Bonchev–Trinajstić information content (AvgIpc) is 2.55. The van der Waals surface area contributed by atoms with Gasteiger partial charge in [0.1, 0.15) is 5.69 Å². The normalized spacial score (nSPS) is 19.9. The fraction of sp³-hybridized carbons (Fsp3) is 0.571. The maximum Gasteiger partial charge on any atom is 0.478 e. The van der Waals surface area contributed by atoms with Crippen LogP contribution in [0.15, 0.2) is 18.3 Å². The summed E-state index contributed by atoms with van der Waals surface area (Å²) in [5, 5.41) is 2.81. The molecule has 2 heterocycles. The summed E-state index contributed by atoms with van der Waals surface area (Å²) in [6, 6.07) is 3.66. The molecule has 0 radical (unpaired) electrons. The molecule has 1 aliphatic rings. The molecule has 1 N–H and O–H groups in total. The molecular weight excluding hydrogens is 255 g/mol. The van der Waals surface area contributed by atoms with Crippen LogP contribution >= 0.6 is 0 Å². The molecule has 2 rings (SSSR count). The van der Waals surface area contributed by atoms with Crippen LogP contribution in [0.25, 0.3) is 0 Å². The van der Waals surface area contributed by atoms with Crippen molar-refractivity contribution in [2.24, 2.45) is 0 Å². The third kappa shape index (κ3) is 2.86. The number of nitrogens with zero attached hydrogens (tertiary/aromatic N) is 1. The summed E-state index contributed by atoms with van der Waals surface area (Å²) in [6.45, 7) is 9.79. The molecule has 1 aromatic heterocycles. The molecule has 0 saturated carbocycles. The highest BCUT2D eigenvalue weighted by Gasteiger charge is 2.50. The van der Waals surface area contributed by atoms with Crippen molar-refractivity contribution in [3.63, 3.8) is 0 Å². The molecule has 1 amide bonds. The molecule has 1 aromatic rings. The molecule has 6 heteroatoms. The molecule has 1 fully saturated rings. The zero-order chi connectivity index (χ0) is 15.0. The van der Waals surface area contributed by atoms with Gasteiger partial charge in [-0.3, -0.25) is 9.78 Å². The van der Waals surface area contributed by atoms with Gasteiger partial charge in [0.15, 0.2) is 0 Å². The number of nitrogens with one attached hydrogen (secondary N) is 1. The minimum atomic E-state index is -0.437. The lowest BCUT2D eigenvalue weighted by Crippen LogP contribution is -2.41. The fourth-order valence-electron chi connectivity index (χ4n) is 2.03. The number of hydrogen-bond donors (Lipinski definition) is 1. The van der Waals surface area contributed by atoms with Crippen LogP contribution < -0.4 is 5.32 Å². The third-order valence-electron chi connectivity index (χ3n) is 3.96. The van der Waals surface area contributed by atoms with Gasteiger partial charge in [-0.2, -0.15) is 0 Å². The van der Waals surface area contributed by atoms with Crippen LogP contribution in [0.4, 0.5) is 0 Å². The van der Waals surface area contributed by atoms with Crippen molar-refractivity contribution in [3.05, 3.63) is 29.6 Å². The van der Waals surface area contributed by atoms with Gasteiger partial charge in [-0.25, -0.2) is 0 Å². The quantitative estimate of drug-likeness (QED) is 0.854. The molecule has 0 spiro atoms. The van der Waals surface area contributed by atoms with Crippen LogP contribution in [0.3, 0.4) is 0 Å². The Kier molecular flexibility index (Phi) is 3.89. The monoisotopic (exact) mass is 276 g/mol. The lowest BCUT2D eigenvalue weighted by atomic mass is 9.90. The molecule has 1 aliphatic heterocycles. The van der Waals surface area contributed by atoms with E-state index in [9.17, 15) is 4.79 Å². The van der Waals surface area contributed by atoms with Crippen molar-refractivity contribution in [1.82, 2.24) is 10.3 Å². The van der Waals surface area contributed by atoms with E-state index in [0.29, 0.717) is 12.1 Å². The lowest BCUT2D eigenvalue weighted by molar-refractivity contribution is 0.00578. The molecular formula is C14H21BN2O3. The predicted molar refractivity (Wildman–Crippen MR) is 77.4 cm³/mol. The Hall–Kier alpha value is -1.40. The molecule has 1 saturated heterocycles. The summed E-state index contributed by atoms with van der Waals surface area (Å²) in [6.07, 6.45) is 1.92. The van der Waals surface area contributed by atoms with Crippen molar-refractivity contribution >= 4 is 13.0 Å². The minimum absolute atomic E-state index is 0.210. The number of pyridine rings is 1. The Bertz CT molecular complexity index is 501. The smallest absolute Gasteiger partial charge is 0.402 e. The third-order valence-corrected chi connectivity index (χ3v) is 3.96. The van der Waals surface area contributed by atoms with Gasteiger partial charge >= 0.3 is 7.12 Å². The molecule has 0 aliphatic carbocycles. The number of rotatable bonds is 3. The van der Waals surface area contributed by atoms with Crippen molar-refractivity contribution in [2.45, 2.75) is 45.8 Å². The maximum atomic E-state index is 12.1. The van der Waals surface area contributed by atoms with Crippen LogP contribution in [0, 0.1) is 6.92 Å². The van der Waals surface area contributed by atoms with Gasteiger partial charge < -0.3 is 14.6 Å². The van der Waals surface area contributed by atoms with Crippen LogP contribution in [0.2, 0.25) is 0 Å². The van der Waals surface area contributed by atoms with Gasteiger partial charge in [0.05, 0.1) is 17.6 Å². The molecule has 108 valence electrons. The van der Waals surface area contributed by atoms with Gasteiger partial charge in [-0.15, -0.1) is 0 Å². The van der Waals surface area contributed by atoms with Crippen molar-refractivity contribution in [3.8, 4) is 0 Å². The second-order valence-corrected chi connectivity index (χ2v) is 6.06. The number of amides is 1. The Labute approximate surface area is 120 Å². The first-order chi connectivity index (χ1) is 9.23. The second kappa shape index (κ2) is 5.18. The molecule has 0 aromatic carbocycles. The van der Waals surface area contributed by atoms with Crippen molar-refractivity contribution in [2.75, 3.05) is 6.44 Å².